The van der Waals surface area contributed by atoms with Gasteiger partial charge in [-0.3, -0.25) is 0 Å². The topological polar surface area (TPSA) is 76.6 Å². The zero-order valence-electron chi connectivity index (χ0n) is 11.1. The van der Waals surface area contributed by atoms with Crippen molar-refractivity contribution in [2.45, 2.75) is 64.2 Å². The molecule has 2 aliphatic rings. The molecule has 2 saturated carbocycles. The Labute approximate surface area is 105 Å². The molecule has 0 aromatic rings. The van der Waals surface area contributed by atoms with E-state index in [1.54, 1.807) is 0 Å². The number of hydrogen-bond acceptors (Lipinski definition) is 2. The Balaban J connectivity index is 0.00000144. The molecule has 3 nitrogen and oxygen atoms in total. The normalized spacial score (nSPS) is 23.4. The van der Waals surface area contributed by atoms with E-state index in [4.69, 9.17) is 0 Å². The number of aliphatic carboxylic acids is 1. The van der Waals surface area contributed by atoms with Gasteiger partial charge in [0.1, 0.15) is 0 Å². The van der Waals surface area contributed by atoms with E-state index in [1.807, 2.05) is 0 Å². The molecule has 17 heavy (non-hydrogen) atoms. The van der Waals surface area contributed by atoms with Crippen LogP contribution in [0.5, 0.6) is 0 Å². The van der Waals surface area contributed by atoms with Gasteiger partial charge in [0.15, 0.2) is 0 Å². The summed E-state index contributed by atoms with van der Waals surface area (Å²) in [5.74, 6) is -0.0666. The fourth-order valence-electron chi connectivity index (χ4n) is 3.76. The fourth-order valence-corrected chi connectivity index (χ4v) is 3.76. The zero-order chi connectivity index (χ0) is 11.4. The first-order valence-corrected chi connectivity index (χ1v) is 7.00. The lowest BCUT2D eigenvalue weighted by atomic mass is 9.70. The molecule has 0 saturated heterocycles. The highest BCUT2D eigenvalue weighted by Gasteiger charge is 2.32. The monoisotopic (exact) mass is 241 g/mol. The van der Waals surface area contributed by atoms with Crippen LogP contribution in [0.4, 0.5) is 0 Å². The van der Waals surface area contributed by atoms with Crippen LogP contribution in [-0.4, -0.2) is 5.97 Å². The van der Waals surface area contributed by atoms with Crippen molar-refractivity contribution in [3.8, 4) is 0 Å². The maximum atomic E-state index is 11.4. The van der Waals surface area contributed by atoms with E-state index in [9.17, 15) is 9.90 Å². The van der Waals surface area contributed by atoms with Crippen molar-refractivity contribution in [1.29, 1.82) is 0 Å². The van der Waals surface area contributed by atoms with Gasteiger partial charge in [-0.15, -0.1) is 0 Å². The van der Waals surface area contributed by atoms with Gasteiger partial charge in [0, 0.05) is 11.9 Å². The van der Waals surface area contributed by atoms with E-state index in [1.165, 1.54) is 38.5 Å². The summed E-state index contributed by atoms with van der Waals surface area (Å²) in [7, 11) is 0. The molecule has 0 radical (unpaired) electrons. The largest absolute Gasteiger partial charge is 0.550 e. The minimum atomic E-state index is -0.765. The summed E-state index contributed by atoms with van der Waals surface area (Å²) >= 11 is 0. The molecule has 0 atom stereocenters. The lowest BCUT2D eigenvalue weighted by Crippen LogP contribution is -2.41. The Bertz CT molecular complexity index is 212. The summed E-state index contributed by atoms with van der Waals surface area (Å²) in [6, 6.07) is 0. The highest BCUT2D eigenvalue weighted by Crippen LogP contribution is 2.39. The van der Waals surface area contributed by atoms with Gasteiger partial charge >= 0.3 is 0 Å². The standard InChI is InChI=1S/C14H24O2.H3N/c15-14(16)13(11-7-3-1-4-8-11)12-9-5-2-6-10-12;/h11-13H,1-10H2,(H,15,16);1H3. The highest BCUT2D eigenvalue weighted by atomic mass is 16.4. The van der Waals surface area contributed by atoms with Crippen LogP contribution in [0, 0.1) is 17.8 Å². The lowest BCUT2D eigenvalue weighted by Gasteiger charge is -2.38. The third-order valence-electron chi connectivity index (χ3n) is 4.59. The summed E-state index contributed by atoms with van der Waals surface area (Å²) in [6.07, 6.45) is 12.0. The van der Waals surface area contributed by atoms with E-state index in [-0.39, 0.29) is 12.1 Å². The number of rotatable bonds is 3. The summed E-state index contributed by atoms with van der Waals surface area (Å²) < 4.78 is 0. The van der Waals surface area contributed by atoms with Crippen LogP contribution >= 0.6 is 0 Å². The van der Waals surface area contributed by atoms with Crippen LogP contribution in [-0.2, 0) is 4.79 Å². The van der Waals surface area contributed by atoms with E-state index in [2.05, 4.69) is 0 Å². The Morgan fingerprint density at radius 1 is 0.824 bits per heavy atom. The minimum Gasteiger partial charge on any atom is -0.550 e. The molecule has 3 heteroatoms. The van der Waals surface area contributed by atoms with Crippen LogP contribution in [0.25, 0.3) is 0 Å². The lowest BCUT2D eigenvalue weighted by molar-refractivity contribution is -0.316. The summed E-state index contributed by atoms with van der Waals surface area (Å²) in [5, 5.41) is 11.4. The second-order valence-electron chi connectivity index (χ2n) is 5.64. The number of carboxylic acid groups (broad SMARTS) is 1. The molecule has 0 heterocycles. The number of carboxylic acids is 1. The number of carbonyl (C=O) groups is 1. The SMILES string of the molecule is O=C([O-])C(C1CCCCC1)C1CCCCC1.[NH4+]. The average molecular weight is 241 g/mol. The third-order valence-corrected chi connectivity index (χ3v) is 4.59. The summed E-state index contributed by atoms with van der Waals surface area (Å²) in [5.41, 5.74) is 0. The quantitative estimate of drug-likeness (QED) is 0.824. The van der Waals surface area contributed by atoms with Crippen molar-refractivity contribution in [1.82, 2.24) is 6.15 Å². The molecule has 2 rings (SSSR count). The first-order valence-electron chi connectivity index (χ1n) is 7.00. The predicted octanol–water partition coefficient (Wildman–Crippen LogP) is 2.89. The number of quaternary nitrogens is 1. The van der Waals surface area contributed by atoms with Gasteiger partial charge in [-0.25, -0.2) is 0 Å². The Kier molecular flexibility index (Phi) is 5.96. The molecular formula is C14H27NO2. The van der Waals surface area contributed by atoms with Gasteiger partial charge in [-0.05, 0) is 37.5 Å². The molecule has 0 spiro atoms. The first kappa shape index (κ1) is 14.5. The first-order chi connectivity index (χ1) is 7.79. The Morgan fingerprint density at radius 3 is 1.47 bits per heavy atom. The van der Waals surface area contributed by atoms with E-state index < -0.39 is 5.97 Å². The van der Waals surface area contributed by atoms with Crippen molar-refractivity contribution in [2.24, 2.45) is 17.8 Å². The molecule has 0 aromatic carbocycles. The van der Waals surface area contributed by atoms with Crippen molar-refractivity contribution < 1.29 is 9.90 Å². The molecule has 0 bridgehead atoms. The minimum absolute atomic E-state index is 0. The molecule has 2 fully saturated rings. The van der Waals surface area contributed by atoms with Gasteiger partial charge in [-0.2, -0.15) is 0 Å². The molecule has 4 N–H and O–H groups in total. The van der Waals surface area contributed by atoms with E-state index in [0.29, 0.717) is 11.8 Å². The molecule has 0 aromatic heterocycles. The second-order valence-corrected chi connectivity index (χ2v) is 5.64. The molecule has 100 valence electrons. The summed E-state index contributed by atoms with van der Waals surface area (Å²) in [4.78, 5) is 11.4. The van der Waals surface area contributed by atoms with Crippen molar-refractivity contribution >= 4 is 5.97 Å². The maximum Gasteiger partial charge on any atom is 0.0450 e. The average Bonchev–Trinajstić information content (AvgIpc) is 2.31. The van der Waals surface area contributed by atoms with Gasteiger partial charge in [0.05, 0.1) is 0 Å². The van der Waals surface area contributed by atoms with E-state index >= 15 is 0 Å². The van der Waals surface area contributed by atoms with Crippen molar-refractivity contribution in [2.75, 3.05) is 0 Å². The highest BCUT2D eigenvalue weighted by molar-refractivity contribution is 5.68. The van der Waals surface area contributed by atoms with Gasteiger partial charge in [0.2, 0.25) is 0 Å². The number of carbonyl (C=O) groups excluding carboxylic acids is 1. The predicted molar refractivity (Wildman–Crippen MR) is 67.6 cm³/mol. The zero-order valence-corrected chi connectivity index (χ0v) is 11.1. The third kappa shape index (κ3) is 3.70. The van der Waals surface area contributed by atoms with Crippen LogP contribution < -0.4 is 11.3 Å². The molecule has 0 unspecified atom stereocenters. The second kappa shape index (κ2) is 7.00. The Morgan fingerprint density at radius 2 is 1.18 bits per heavy atom. The van der Waals surface area contributed by atoms with Crippen LogP contribution in [0.1, 0.15) is 64.2 Å². The smallest absolute Gasteiger partial charge is 0.0450 e. The molecule has 0 aliphatic heterocycles. The van der Waals surface area contributed by atoms with Gasteiger partial charge < -0.3 is 16.1 Å². The fraction of sp³-hybridized carbons (Fsp3) is 0.929. The summed E-state index contributed by atoms with van der Waals surface area (Å²) in [6.45, 7) is 0. The maximum absolute atomic E-state index is 11.4. The van der Waals surface area contributed by atoms with Crippen LogP contribution in [0.15, 0.2) is 0 Å². The van der Waals surface area contributed by atoms with Gasteiger partial charge in [-0.1, -0.05) is 38.5 Å². The molecular weight excluding hydrogens is 214 g/mol. The van der Waals surface area contributed by atoms with Crippen LogP contribution in [0.3, 0.4) is 0 Å². The van der Waals surface area contributed by atoms with E-state index in [0.717, 1.165) is 25.7 Å². The van der Waals surface area contributed by atoms with Crippen molar-refractivity contribution in [3.05, 3.63) is 0 Å². The van der Waals surface area contributed by atoms with Crippen molar-refractivity contribution in [3.63, 3.8) is 0 Å². The molecule has 2 aliphatic carbocycles. The van der Waals surface area contributed by atoms with Gasteiger partial charge in [0.25, 0.3) is 0 Å². The Hall–Kier alpha value is -0.570. The number of hydrogen-bond donors (Lipinski definition) is 1. The van der Waals surface area contributed by atoms with Crippen LogP contribution in [0.2, 0.25) is 0 Å². The molecule has 0 amide bonds.